The molecule has 2 heterocycles. The third-order valence-corrected chi connectivity index (χ3v) is 5.45. The minimum atomic E-state index is -0.230. The van der Waals surface area contributed by atoms with Crippen LogP contribution in [0, 0.1) is 0 Å². The van der Waals surface area contributed by atoms with Crippen molar-refractivity contribution < 1.29 is 4.79 Å². The Morgan fingerprint density at radius 3 is 2.06 bits per heavy atom. The fourth-order valence-electron chi connectivity index (χ4n) is 3.75. The van der Waals surface area contributed by atoms with Crippen LogP contribution in [-0.4, -0.2) is 20.5 Å². The summed E-state index contributed by atoms with van der Waals surface area (Å²) in [6.45, 7) is 1.96. The van der Waals surface area contributed by atoms with Gasteiger partial charge in [-0.25, -0.2) is 9.50 Å². The molecule has 0 aliphatic heterocycles. The Morgan fingerprint density at radius 1 is 0.812 bits per heavy atom. The van der Waals surface area contributed by atoms with Crippen LogP contribution in [0.4, 0.5) is 0 Å². The van der Waals surface area contributed by atoms with E-state index >= 15 is 0 Å². The number of hydrogen-bond acceptors (Lipinski definition) is 3. The summed E-state index contributed by atoms with van der Waals surface area (Å²) >= 11 is 0. The van der Waals surface area contributed by atoms with Crippen molar-refractivity contribution in [3.63, 3.8) is 0 Å². The Kier molecular flexibility index (Phi) is 5.22. The molecule has 1 atom stereocenters. The third-order valence-electron chi connectivity index (χ3n) is 5.45. The number of amides is 1. The zero-order valence-electron chi connectivity index (χ0n) is 17.6. The van der Waals surface area contributed by atoms with Gasteiger partial charge in [-0.3, -0.25) is 4.79 Å². The highest BCUT2D eigenvalue weighted by molar-refractivity contribution is 5.94. The van der Waals surface area contributed by atoms with Crippen LogP contribution in [0.1, 0.15) is 29.0 Å². The Labute approximate surface area is 186 Å². The van der Waals surface area contributed by atoms with Gasteiger partial charge in [-0.2, -0.15) is 5.10 Å². The van der Waals surface area contributed by atoms with E-state index in [2.05, 4.69) is 10.4 Å². The largest absolute Gasteiger partial charge is 0.344 e. The summed E-state index contributed by atoms with van der Waals surface area (Å²) in [5, 5.41) is 7.65. The quantitative estimate of drug-likeness (QED) is 0.407. The lowest BCUT2D eigenvalue weighted by Gasteiger charge is -2.13. The first kappa shape index (κ1) is 19.7. The number of nitrogens with one attached hydrogen (secondary N) is 1. The normalized spacial score (nSPS) is 11.9. The Balaban J connectivity index is 1.57. The molecule has 1 N–H and O–H groups in total. The minimum absolute atomic E-state index is 0.130. The summed E-state index contributed by atoms with van der Waals surface area (Å²) in [6, 6.07) is 33.5. The van der Waals surface area contributed by atoms with Crippen LogP contribution in [-0.2, 0) is 0 Å². The van der Waals surface area contributed by atoms with Crippen LogP contribution >= 0.6 is 0 Å². The molecule has 1 amide bonds. The van der Waals surface area contributed by atoms with Gasteiger partial charge in [0.05, 0.1) is 17.4 Å². The maximum absolute atomic E-state index is 13.0. The van der Waals surface area contributed by atoms with E-state index in [1.807, 2.05) is 104 Å². The minimum Gasteiger partial charge on any atom is -0.344 e. The van der Waals surface area contributed by atoms with E-state index in [1.165, 1.54) is 0 Å². The van der Waals surface area contributed by atoms with E-state index in [1.54, 1.807) is 10.6 Å². The maximum Gasteiger partial charge on any atom is 0.272 e. The second kappa shape index (κ2) is 8.47. The second-order valence-corrected chi connectivity index (χ2v) is 7.66. The van der Waals surface area contributed by atoms with Crippen molar-refractivity contribution in [1.82, 2.24) is 19.9 Å². The summed E-state index contributed by atoms with van der Waals surface area (Å²) in [7, 11) is 0. The van der Waals surface area contributed by atoms with Crippen LogP contribution in [0.5, 0.6) is 0 Å². The molecule has 0 saturated carbocycles. The average Bonchev–Trinajstić information content (AvgIpc) is 3.29. The predicted octanol–water partition coefficient (Wildman–Crippen LogP) is 5.55. The molecule has 0 fully saturated rings. The molecule has 5 heteroatoms. The van der Waals surface area contributed by atoms with Gasteiger partial charge in [-0.15, -0.1) is 0 Å². The van der Waals surface area contributed by atoms with Crippen molar-refractivity contribution >= 4 is 11.6 Å². The summed E-state index contributed by atoms with van der Waals surface area (Å²) in [4.78, 5) is 17.8. The zero-order valence-corrected chi connectivity index (χ0v) is 17.6. The first-order chi connectivity index (χ1) is 15.7. The SMILES string of the molecule is C[C@H](NC(=O)c1cc2nc(-c3ccccc3)cc(-c3ccccc3)n2n1)c1ccccc1. The fraction of sp³-hybridized carbons (Fsp3) is 0.0741. The molecule has 0 spiro atoms. The number of fused-ring (bicyclic) bond motifs is 1. The lowest BCUT2D eigenvalue weighted by atomic mass is 10.1. The lowest BCUT2D eigenvalue weighted by Crippen LogP contribution is -2.27. The van der Waals surface area contributed by atoms with Crippen molar-refractivity contribution in [2.24, 2.45) is 0 Å². The summed E-state index contributed by atoms with van der Waals surface area (Å²) in [5.74, 6) is -0.230. The molecule has 0 bridgehead atoms. The van der Waals surface area contributed by atoms with Crippen LogP contribution < -0.4 is 5.32 Å². The number of carbonyl (C=O) groups is 1. The van der Waals surface area contributed by atoms with Gasteiger partial charge in [0.25, 0.3) is 5.91 Å². The van der Waals surface area contributed by atoms with Gasteiger partial charge < -0.3 is 5.32 Å². The van der Waals surface area contributed by atoms with Gasteiger partial charge in [0.2, 0.25) is 0 Å². The van der Waals surface area contributed by atoms with Gasteiger partial charge in [0, 0.05) is 17.2 Å². The monoisotopic (exact) mass is 418 g/mol. The number of benzene rings is 3. The predicted molar refractivity (Wildman–Crippen MR) is 126 cm³/mol. The molecule has 0 aliphatic rings. The van der Waals surface area contributed by atoms with E-state index < -0.39 is 0 Å². The second-order valence-electron chi connectivity index (χ2n) is 7.66. The number of aromatic nitrogens is 3. The number of rotatable bonds is 5. The summed E-state index contributed by atoms with van der Waals surface area (Å²) in [6.07, 6.45) is 0. The third kappa shape index (κ3) is 3.88. The van der Waals surface area contributed by atoms with Crippen molar-refractivity contribution in [2.45, 2.75) is 13.0 Å². The molecule has 0 unspecified atom stereocenters. The van der Waals surface area contributed by atoms with Crippen LogP contribution in [0.15, 0.2) is 103 Å². The highest BCUT2D eigenvalue weighted by Gasteiger charge is 2.18. The van der Waals surface area contributed by atoms with Crippen molar-refractivity contribution in [1.29, 1.82) is 0 Å². The van der Waals surface area contributed by atoms with E-state index in [9.17, 15) is 4.79 Å². The first-order valence-electron chi connectivity index (χ1n) is 10.6. The number of nitrogens with zero attached hydrogens (tertiary/aromatic N) is 3. The standard InChI is InChI=1S/C27H22N4O/c1-19(20-11-5-2-6-12-20)28-27(32)24-18-26-29-23(21-13-7-3-8-14-21)17-25(31(26)30-24)22-15-9-4-10-16-22/h2-19H,1H3,(H,28,32)/t19-/m0/s1. The molecule has 2 aromatic heterocycles. The molecule has 5 nitrogen and oxygen atoms in total. The van der Waals surface area contributed by atoms with Crippen LogP contribution in [0.3, 0.4) is 0 Å². The summed E-state index contributed by atoms with van der Waals surface area (Å²) < 4.78 is 1.74. The lowest BCUT2D eigenvalue weighted by molar-refractivity contribution is 0.0934. The molecule has 5 rings (SSSR count). The summed E-state index contributed by atoms with van der Waals surface area (Å²) in [5.41, 5.74) is 5.73. The Morgan fingerprint density at radius 2 is 1.41 bits per heavy atom. The number of hydrogen-bond donors (Lipinski definition) is 1. The highest BCUT2D eigenvalue weighted by Crippen LogP contribution is 2.26. The van der Waals surface area contributed by atoms with Crippen LogP contribution in [0.2, 0.25) is 0 Å². The van der Waals surface area contributed by atoms with Crippen molar-refractivity contribution in [2.75, 3.05) is 0 Å². The fourth-order valence-corrected chi connectivity index (χ4v) is 3.75. The first-order valence-corrected chi connectivity index (χ1v) is 10.6. The molecule has 0 aliphatic carbocycles. The van der Waals surface area contributed by atoms with E-state index in [-0.39, 0.29) is 11.9 Å². The van der Waals surface area contributed by atoms with Gasteiger partial charge in [-0.1, -0.05) is 91.0 Å². The van der Waals surface area contributed by atoms with E-state index in [0.29, 0.717) is 11.3 Å². The molecule has 0 radical (unpaired) electrons. The molecular weight excluding hydrogens is 396 g/mol. The van der Waals surface area contributed by atoms with E-state index in [4.69, 9.17) is 4.98 Å². The Bertz CT molecular complexity index is 1360. The molecular formula is C27H22N4O. The van der Waals surface area contributed by atoms with Crippen molar-refractivity contribution in [3.05, 3.63) is 114 Å². The average molecular weight is 419 g/mol. The van der Waals surface area contributed by atoms with Crippen LogP contribution in [0.25, 0.3) is 28.2 Å². The zero-order chi connectivity index (χ0) is 21.9. The topological polar surface area (TPSA) is 59.3 Å². The molecule has 0 saturated heterocycles. The highest BCUT2D eigenvalue weighted by atomic mass is 16.2. The van der Waals surface area contributed by atoms with Crippen molar-refractivity contribution in [3.8, 4) is 22.5 Å². The van der Waals surface area contributed by atoms with E-state index in [0.717, 1.165) is 28.1 Å². The molecule has 156 valence electrons. The van der Waals surface area contributed by atoms with Gasteiger partial charge in [0.15, 0.2) is 11.3 Å². The maximum atomic E-state index is 13.0. The molecule has 3 aromatic carbocycles. The molecule has 32 heavy (non-hydrogen) atoms. The van der Waals surface area contributed by atoms with Gasteiger partial charge >= 0.3 is 0 Å². The van der Waals surface area contributed by atoms with Gasteiger partial charge in [0.1, 0.15) is 0 Å². The Hall–Kier alpha value is -4.25. The molecule has 5 aromatic rings. The smallest absolute Gasteiger partial charge is 0.272 e. The number of carbonyl (C=O) groups excluding carboxylic acids is 1. The van der Waals surface area contributed by atoms with Gasteiger partial charge in [-0.05, 0) is 18.6 Å².